The number of aromatic nitrogens is 2. The van der Waals surface area contributed by atoms with Crippen molar-refractivity contribution in [1.29, 1.82) is 0 Å². The third-order valence-electron chi connectivity index (χ3n) is 2.01. The van der Waals surface area contributed by atoms with Crippen LogP contribution >= 0.6 is 0 Å². The highest BCUT2D eigenvalue weighted by Gasteiger charge is 2.09. The fraction of sp³-hybridized carbons (Fsp3) is 0. The minimum atomic E-state index is -4.17. The molecule has 3 N–H and O–H groups in total. The number of rotatable bonds is 2. The first kappa shape index (κ1) is 10.7. The van der Waals surface area contributed by atoms with Crippen LogP contribution in [-0.4, -0.2) is 28.3 Å². The summed E-state index contributed by atoms with van der Waals surface area (Å²) in [5.41, 5.74) is 1.11. The van der Waals surface area contributed by atoms with E-state index in [9.17, 15) is 8.42 Å². The van der Waals surface area contributed by atoms with E-state index in [1.165, 1.54) is 30.3 Å². The molecular weight excluding hydrogens is 232 g/mol. The van der Waals surface area contributed by atoms with Gasteiger partial charge in [-0.2, -0.15) is 13.5 Å². The third-order valence-corrected chi connectivity index (χ3v) is 2.88. The molecule has 0 atom stereocenters. The van der Waals surface area contributed by atoms with E-state index in [1.807, 2.05) is 0 Å². The quantitative estimate of drug-likeness (QED) is 0.680. The van der Waals surface area contributed by atoms with Crippen LogP contribution in [0.2, 0.25) is 0 Å². The first-order valence-electron chi connectivity index (χ1n) is 4.29. The molecule has 0 saturated heterocycles. The molecule has 0 bridgehead atoms. The van der Waals surface area contributed by atoms with Crippen molar-refractivity contribution in [1.82, 2.24) is 10.2 Å². The van der Waals surface area contributed by atoms with Crippen LogP contribution in [0.5, 0.6) is 5.88 Å². The Bertz CT molecular complexity index is 601. The summed E-state index contributed by atoms with van der Waals surface area (Å²) >= 11 is 0. The van der Waals surface area contributed by atoms with Crippen molar-refractivity contribution in [3.8, 4) is 17.1 Å². The highest BCUT2D eigenvalue weighted by molar-refractivity contribution is 7.85. The maximum absolute atomic E-state index is 10.8. The number of hydrogen-bond donors (Lipinski definition) is 3. The molecule has 0 aliphatic heterocycles. The molecule has 0 radical (unpaired) electrons. The average molecular weight is 240 g/mol. The summed E-state index contributed by atoms with van der Waals surface area (Å²) < 4.78 is 30.3. The predicted molar refractivity (Wildman–Crippen MR) is 55.5 cm³/mol. The summed E-state index contributed by atoms with van der Waals surface area (Å²) in [5, 5.41) is 15.2. The van der Waals surface area contributed by atoms with Crippen LogP contribution in [0.15, 0.2) is 35.2 Å². The minimum Gasteiger partial charge on any atom is -0.494 e. The number of benzene rings is 1. The maximum Gasteiger partial charge on any atom is 0.294 e. The van der Waals surface area contributed by atoms with E-state index in [-0.39, 0.29) is 10.8 Å². The predicted octanol–water partition coefficient (Wildman–Crippen LogP) is 1.03. The van der Waals surface area contributed by atoms with Crippen molar-refractivity contribution in [3.63, 3.8) is 0 Å². The van der Waals surface area contributed by atoms with Gasteiger partial charge in [-0.05, 0) is 12.1 Å². The van der Waals surface area contributed by atoms with Gasteiger partial charge in [-0.15, -0.1) is 0 Å². The van der Waals surface area contributed by atoms with Gasteiger partial charge in [-0.3, -0.25) is 4.55 Å². The SMILES string of the molecule is O=S(=O)(O)c1ccc(-c2cc(O)[nH]n2)cc1. The van der Waals surface area contributed by atoms with Gasteiger partial charge in [-0.25, -0.2) is 5.10 Å². The van der Waals surface area contributed by atoms with Gasteiger partial charge in [0.1, 0.15) is 0 Å². The Morgan fingerprint density at radius 3 is 2.25 bits per heavy atom. The summed E-state index contributed by atoms with van der Waals surface area (Å²) in [6, 6.07) is 6.90. The van der Waals surface area contributed by atoms with E-state index < -0.39 is 10.1 Å². The van der Waals surface area contributed by atoms with E-state index in [0.29, 0.717) is 11.3 Å². The first-order chi connectivity index (χ1) is 7.47. The van der Waals surface area contributed by atoms with Crippen molar-refractivity contribution < 1.29 is 18.1 Å². The lowest BCUT2D eigenvalue weighted by Gasteiger charge is -1.98. The van der Waals surface area contributed by atoms with Crippen LogP contribution in [0.3, 0.4) is 0 Å². The van der Waals surface area contributed by atoms with Gasteiger partial charge in [-0.1, -0.05) is 12.1 Å². The molecule has 2 aromatic rings. The van der Waals surface area contributed by atoms with E-state index in [0.717, 1.165) is 0 Å². The molecular formula is C9H8N2O4S. The van der Waals surface area contributed by atoms with Gasteiger partial charge in [0.25, 0.3) is 10.1 Å². The minimum absolute atomic E-state index is 0.0751. The normalized spacial score (nSPS) is 11.6. The molecule has 0 saturated carbocycles. The Kier molecular flexibility index (Phi) is 2.41. The molecule has 84 valence electrons. The molecule has 0 aliphatic rings. The van der Waals surface area contributed by atoms with Gasteiger partial charge in [0.2, 0.25) is 5.88 Å². The molecule has 2 rings (SSSR count). The molecule has 0 unspecified atom stereocenters. The molecule has 0 aliphatic carbocycles. The Morgan fingerprint density at radius 2 is 1.81 bits per heavy atom. The fourth-order valence-electron chi connectivity index (χ4n) is 1.26. The van der Waals surface area contributed by atoms with Crippen LogP contribution in [0.25, 0.3) is 11.3 Å². The summed E-state index contributed by atoms with van der Waals surface area (Å²) in [4.78, 5) is -0.184. The number of aromatic amines is 1. The topological polar surface area (TPSA) is 103 Å². The Morgan fingerprint density at radius 1 is 1.19 bits per heavy atom. The van der Waals surface area contributed by atoms with Gasteiger partial charge >= 0.3 is 0 Å². The highest BCUT2D eigenvalue weighted by Crippen LogP contribution is 2.21. The van der Waals surface area contributed by atoms with Gasteiger partial charge in [0.05, 0.1) is 10.6 Å². The fourth-order valence-corrected chi connectivity index (χ4v) is 1.74. The second-order valence-corrected chi connectivity index (χ2v) is 4.56. The maximum atomic E-state index is 10.8. The number of nitrogens with one attached hydrogen (secondary N) is 1. The van der Waals surface area contributed by atoms with Crippen molar-refractivity contribution in [3.05, 3.63) is 30.3 Å². The number of nitrogens with zero attached hydrogens (tertiary/aromatic N) is 1. The average Bonchev–Trinajstić information content (AvgIpc) is 2.64. The van der Waals surface area contributed by atoms with E-state index in [1.54, 1.807) is 0 Å². The molecule has 0 fully saturated rings. The smallest absolute Gasteiger partial charge is 0.294 e. The second-order valence-electron chi connectivity index (χ2n) is 3.14. The van der Waals surface area contributed by atoms with Crippen LogP contribution in [0.4, 0.5) is 0 Å². The number of hydrogen-bond acceptors (Lipinski definition) is 4. The van der Waals surface area contributed by atoms with Crippen LogP contribution in [-0.2, 0) is 10.1 Å². The van der Waals surface area contributed by atoms with Gasteiger partial charge in [0, 0.05) is 11.6 Å². The van der Waals surface area contributed by atoms with Crippen molar-refractivity contribution >= 4 is 10.1 Å². The lowest BCUT2D eigenvalue weighted by molar-refractivity contribution is 0.452. The molecule has 16 heavy (non-hydrogen) atoms. The van der Waals surface area contributed by atoms with E-state index in [4.69, 9.17) is 9.66 Å². The second kappa shape index (κ2) is 3.62. The first-order valence-corrected chi connectivity index (χ1v) is 5.73. The Balaban J connectivity index is 2.40. The standard InChI is InChI=1S/C9H8N2O4S/c12-9-5-8(10-11-9)6-1-3-7(4-2-6)16(13,14)15/h1-5H,(H2,10,11,12)(H,13,14,15). The van der Waals surface area contributed by atoms with Gasteiger partial charge in [0.15, 0.2) is 0 Å². The molecule has 1 aromatic carbocycles. The lowest BCUT2D eigenvalue weighted by atomic mass is 10.2. The van der Waals surface area contributed by atoms with Crippen molar-refractivity contribution in [2.75, 3.05) is 0 Å². The summed E-state index contributed by atoms with van der Waals surface area (Å²) in [5.74, 6) is -0.0751. The molecule has 1 heterocycles. The molecule has 0 spiro atoms. The molecule has 7 heteroatoms. The van der Waals surface area contributed by atoms with Crippen LogP contribution in [0, 0.1) is 0 Å². The molecule has 1 aromatic heterocycles. The van der Waals surface area contributed by atoms with Gasteiger partial charge < -0.3 is 5.11 Å². The van der Waals surface area contributed by atoms with Crippen LogP contribution < -0.4 is 0 Å². The lowest BCUT2D eigenvalue weighted by Crippen LogP contribution is -1.97. The zero-order valence-electron chi connectivity index (χ0n) is 7.95. The molecule has 6 nitrogen and oxygen atoms in total. The van der Waals surface area contributed by atoms with E-state index in [2.05, 4.69) is 10.2 Å². The summed E-state index contributed by atoms with van der Waals surface area (Å²) in [7, 11) is -4.17. The zero-order valence-corrected chi connectivity index (χ0v) is 8.77. The largest absolute Gasteiger partial charge is 0.494 e. The number of aromatic hydroxyl groups is 1. The van der Waals surface area contributed by atoms with E-state index >= 15 is 0 Å². The highest BCUT2D eigenvalue weighted by atomic mass is 32.2. The Hall–Kier alpha value is -1.86. The summed E-state index contributed by atoms with van der Waals surface area (Å²) in [6.07, 6.45) is 0. The summed E-state index contributed by atoms with van der Waals surface area (Å²) in [6.45, 7) is 0. The molecule has 0 amide bonds. The monoisotopic (exact) mass is 240 g/mol. The Labute approximate surface area is 91.3 Å². The van der Waals surface area contributed by atoms with Crippen molar-refractivity contribution in [2.45, 2.75) is 4.90 Å². The third kappa shape index (κ3) is 2.05. The number of H-pyrrole nitrogens is 1. The zero-order chi connectivity index (χ0) is 11.8. The van der Waals surface area contributed by atoms with Crippen LogP contribution in [0.1, 0.15) is 0 Å². The van der Waals surface area contributed by atoms with Crippen molar-refractivity contribution in [2.24, 2.45) is 0 Å².